The third kappa shape index (κ3) is 5.22. The second-order valence-corrected chi connectivity index (χ2v) is 9.21. The number of para-hydroxylation sites is 1. The van der Waals surface area contributed by atoms with Crippen molar-refractivity contribution in [3.63, 3.8) is 0 Å². The van der Waals surface area contributed by atoms with Crippen LogP contribution in [0.3, 0.4) is 0 Å². The van der Waals surface area contributed by atoms with Crippen molar-refractivity contribution in [1.82, 2.24) is 23.9 Å². The predicted octanol–water partition coefficient (Wildman–Crippen LogP) is 2.60. The molecule has 5 aromatic rings. The number of aromatic nitrogens is 5. The molecule has 0 aliphatic carbocycles. The molecule has 5 rings (SSSR count). The van der Waals surface area contributed by atoms with Gasteiger partial charge >= 0.3 is 11.7 Å². The number of rotatable bonds is 7. The van der Waals surface area contributed by atoms with Gasteiger partial charge < -0.3 is 14.8 Å². The molecule has 0 bridgehead atoms. The van der Waals surface area contributed by atoms with Gasteiger partial charge in [0.1, 0.15) is 11.6 Å². The molecule has 0 saturated heterocycles. The van der Waals surface area contributed by atoms with Gasteiger partial charge in [-0.3, -0.25) is 18.7 Å². The summed E-state index contributed by atoms with van der Waals surface area (Å²) in [5.74, 6) is -0.846. The smallest absolute Gasteiger partial charge is 0.339 e. The summed E-state index contributed by atoms with van der Waals surface area (Å²) < 4.78 is 14.3. The Bertz CT molecular complexity index is 1910. The van der Waals surface area contributed by atoms with Gasteiger partial charge in [-0.2, -0.15) is 5.10 Å². The summed E-state index contributed by atoms with van der Waals surface area (Å²) in [7, 11) is 4.31. The van der Waals surface area contributed by atoms with Crippen molar-refractivity contribution in [1.29, 1.82) is 0 Å². The molecule has 3 aromatic heterocycles. The Hall–Kier alpha value is -5.52. The minimum Gasteiger partial charge on any atom is -0.497 e. The number of carbonyl (C=O) groups is 2. The van der Waals surface area contributed by atoms with E-state index in [1.165, 1.54) is 14.1 Å². The molecule has 1 amide bonds. The quantitative estimate of drug-likeness (QED) is 0.303. The molecule has 0 unspecified atom stereocenters. The molecule has 0 saturated carbocycles. The summed E-state index contributed by atoms with van der Waals surface area (Å²) in [6, 6.07) is 19.3. The minimum atomic E-state index is -0.768. The van der Waals surface area contributed by atoms with Crippen molar-refractivity contribution in [2.24, 2.45) is 14.1 Å². The standard InChI is InChI=1S/C29H26N6O6/c1-17-26-21(28(38)41-16-24(36)31-23-15-25(37)34(3)29(39)33(23)2)14-22(18-10-12-20(40-4)13-11-18)30-27(26)35(32-17)19-8-6-5-7-9-19/h5-15H,16H2,1-4H3,(H,31,36). The number of pyridine rings is 1. The molecule has 3 heterocycles. The molecule has 208 valence electrons. The molecule has 0 fully saturated rings. The Morgan fingerprint density at radius 2 is 1.66 bits per heavy atom. The number of nitrogens with one attached hydrogen (secondary N) is 1. The van der Waals surface area contributed by atoms with Crippen LogP contribution >= 0.6 is 0 Å². The average Bonchev–Trinajstić information content (AvgIpc) is 3.33. The second kappa shape index (κ2) is 10.9. The lowest BCUT2D eigenvalue weighted by Gasteiger charge is -2.12. The number of esters is 1. The van der Waals surface area contributed by atoms with E-state index in [1.54, 1.807) is 36.9 Å². The Balaban J connectivity index is 1.50. The summed E-state index contributed by atoms with van der Waals surface area (Å²) in [5, 5.41) is 7.55. The predicted molar refractivity (Wildman–Crippen MR) is 151 cm³/mol. The number of benzene rings is 2. The van der Waals surface area contributed by atoms with Crippen LogP contribution in [0, 0.1) is 6.92 Å². The van der Waals surface area contributed by atoms with Crippen LogP contribution in [-0.4, -0.2) is 49.5 Å². The molecule has 12 heteroatoms. The lowest BCUT2D eigenvalue weighted by atomic mass is 10.1. The fourth-order valence-electron chi connectivity index (χ4n) is 4.35. The number of aryl methyl sites for hydroxylation is 1. The van der Waals surface area contributed by atoms with E-state index in [4.69, 9.17) is 14.5 Å². The minimum absolute atomic E-state index is 0.0211. The summed E-state index contributed by atoms with van der Waals surface area (Å²) in [6.45, 7) is 1.10. The van der Waals surface area contributed by atoms with Gasteiger partial charge in [0.15, 0.2) is 12.3 Å². The first-order chi connectivity index (χ1) is 19.7. The first-order valence-electron chi connectivity index (χ1n) is 12.5. The number of anilines is 1. The van der Waals surface area contributed by atoms with Gasteiger partial charge in [0.05, 0.1) is 35.1 Å². The van der Waals surface area contributed by atoms with E-state index in [9.17, 15) is 19.2 Å². The summed E-state index contributed by atoms with van der Waals surface area (Å²) in [6.07, 6.45) is 0. The Morgan fingerprint density at radius 1 is 0.951 bits per heavy atom. The number of amides is 1. The number of nitrogens with zero attached hydrogens (tertiary/aromatic N) is 5. The highest BCUT2D eigenvalue weighted by Crippen LogP contribution is 2.30. The third-order valence-electron chi connectivity index (χ3n) is 6.55. The maximum absolute atomic E-state index is 13.4. The SMILES string of the molecule is COc1ccc(-c2cc(C(=O)OCC(=O)Nc3cc(=O)n(C)c(=O)n3C)c3c(C)nn(-c4ccccc4)c3n2)cc1. The van der Waals surface area contributed by atoms with E-state index in [2.05, 4.69) is 10.4 Å². The molecular formula is C29H26N6O6. The Morgan fingerprint density at radius 3 is 2.34 bits per heavy atom. The molecule has 0 atom stereocenters. The van der Waals surface area contributed by atoms with E-state index in [1.807, 2.05) is 42.5 Å². The van der Waals surface area contributed by atoms with Crippen LogP contribution in [0.2, 0.25) is 0 Å². The van der Waals surface area contributed by atoms with Gasteiger partial charge in [0.2, 0.25) is 0 Å². The highest BCUT2D eigenvalue weighted by atomic mass is 16.5. The lowest BCUT2D eigenvalue weighted by molar-refractivity contribution is -0.119. The van der Waals surface area contributed by atoms with E-state index in [0.29, 0.717) is 28.2 Å². The monoisotopic (exact) mass is 554 g/mol. The fourth-order valence-corrected chi connectivity index (χ4v) is 4.35. The number of ether oxygens (including phenoxy) is 2. The highest BCUT2D eigenvalue weighted by molar-refractivity contribution is 6.06. The van der Waals surface area contributed by atoms with Crippen LogP contribution < -0.4 is 21.3 Å². The van der Waals surface area contributed by atoms with Crippen molar-refractivity contribution in [2.45, 2.75) is 6.92 Å². The van der Waals surface area contributed by atoms with Crippen LogP contribution in [0.15, 0.2) is 76.3 Å². The fraction of sp³-hybridized carbons (Fsp3) is 0.172. The normalized spacial score (nSPS) is 10.9. The van der Waals surface area contributed by atoms with Gasteiger partial charge in [0.25, 0.3) is 11.5 Å². The average molecular weight is 555 g/mol. The van der Waals surface area contributed by atoms with Crippen LogP contribution in [0.25, 0.3) is 28.0 Å². The number of fused-ring (bicyclic) bond motifs is 1. The zero-order valence-corrected chi connectivity index (χ0v) is 22.7. The van der Waals surface area contributed by atoms with Gasteiger partial charge in [-0.25, -0.2) is 19.3 Å². The number of hydrogen-bond acceptors (Lipinski definition) is 8. The number of hydrogen-bond donors (Lipinski definition) is 1. The zero-order valence-electron chi connectivity index (χ0n) is 22.7. The first kappa shape index (κ1) is 27.1. The van der Waals surface area contributed by atoms with Gasteiger partial charge in [0, 0.05) is 25.7 Å². The summed E-state index contributed by atoms with van der Waals surface area (Å²) >= 11 is 0. The largest absolute Gasteiger partial charge is 0.497 e. The lowest BCUT2D eigenvalue weighted by Crippen LogP contribution is -2.38. The molecule has 2 aromatic carbocycles. The van der Waals surface area contributed by atoms with E-state index in [0.717, 1.165) is 26.5 Å². The molecule has 0 aliphatic rings. The molecule has 41 heavy (non-hydrogen) atoms. The summed E-state index contributed by atoms with van der Waals surface area (Å²) in [4.78, 5) is 55.0. The summed E-state index contributed by atoms with van der Waals surface area (Å²) in [5.41, 5.74) is 1.93. The zero-order chi connectivity index (χ0) is 29.3. The Labute approximate surface area is 233 Å². The Kier molecular flexibility index (Phi) is 7.21. The van der Waals surface area contributed by atoms with Crippen LogP contribution in [0.1, 0.15) is 16.1 Å². The highest BCUT2D eigenvalue weighted by Gasteiger charge is 2.23. The topological polar surface area (TPSA) is 139 Å². The third-order valence-corrected chi connectivity index (χ3v) is 6.55. The van der Waals surface area contributed by atoms with Crippen molar-refractivity contribution in [3.05, 3.63) is 98.8 Å². The first-order valence-corrected chi connectivity index (χ1v) is 12.5. The van der Waals surface area contributed by atoms with Crippen molar-refractivity contribution in [2.75, 3.05) is 19.0 Å². The number of carbonyl (C=O) groups excluding carboxylic acids is 2. The molecular weight excluding hydrogens is 528 g/mol. The van der Waals surface area contributed by atoms with Gasteiger partial charge in [-0.15, -0.1) is 0 Å². The molecule has 0 radical (unpaired) electrons. The number of methoxy groups -OCH3 is 1. The van der Waals surface area contributed by atoms with Crippen molar-refractivity contribution >= 4 is 28.7 Å². The van der Waals surface area contributed by atoms with Crippen molar-refractivity contribution in [3.8, 4) is 22.7 Å². The van der Waals surface area contributed by atoms with Crippen LogP contribution in [0.4, 0.5) is 5.82 Å². The van der Waals surface area contributed by atoms with Crippen LogP contribution in [0.5, 0.6) is 5.75 Å². The van der Waals surface area contributed by atoms with E-state index in [-0.39, 0.29) is 11.4 Å². The molecule has 0 aliphatic heterocycles. The van der Waals surface area contributed by atoms with Crippen molar-refractivity contribution < 1.29 is 19.1 Å². The molecule has 0 spiro atoms. The van der Waals surface area contributed by atoms with E-state index >= 15 is 0 Å². The van der Waals surface area contributed by atoms with Gasteiger partial charge in [-0.1, -0.05) is 18.2 Å². The molecule has 1 N–H and O–H groups in total. The van der Waals surface area contributed by atoms with Crippen LogP contribution in [-0.2, 0) is 23.6 Å². The maximum Gasteiger partial charge on any atom is 0.339 e. The second-order valence-electron chi connectivity index (χ2n) is 9.21. The van der Waals surface area contributed by atoms with Gasteiger partial charge in [-0.05, 0) is 49.4 Å². The van der Waals surface area contributed by atoms with E-state index < -0.39 is 29.7 Å². The maximum atomic E-state index is 13.4. The molecule has 12 nitrogen and oxygen atoms in total.